The van der Waals surface area contributed by atoms with Gasteiger partial charge in [0.25, 0.3) is 0 Å². The number of Topliss-reactive ketones (excluding diaryl/α,β-unsaturated/α-hetero) is 1. The predicted molar refractivity (Wildman–Crippen MR) is 56.8 cm³/mol. The van der Waals surface area contributed by atoms with Crippen molar-refractivity contribution in [1.82, 2.24) is 5.32 Å². The standard InChI is InChI=1S/C11H23NO/c1-7-11(5,6)10(13)9(4)12-8(2)3/h8-9,12H,7H2,1-6H3. The van der Waals surface area contributed by atoms with Crippen molar-refractivity contribution < 1.29 is 4.79 Å². The summed E-state index contributed by atoms with van der Waals surface area (Å²) in [6.45, 7) is 12.1. The first-order chi connectivity index (χ1) is 5.81. The van der Waals surface area contributed by atoms with Crippen molar-refractivity contribution in [2.24, 2.45) is 5.41 Å². The number of carbonyl (C=O) groups excluding carboxylic acids is 1. The minimum Gasteiger partial charge on any atom is -0.305 e. The van der Waals surface area contributed by atoms with Gasteiger partial charge >= 0.3 is 0 Å². The maximum absolute atomic E-state index is 11.9. The fourth-order valence-corrected chi connectivity index (χ4v) is 1.34. The maximum Gasteiger partial charge on any atom is 0.155 e. The van der Waals surface area contributed by atoms with Gasteiger partial charge in [-0.1, -0.05) is 34.6 Å². The van der Waals surface area contributed by atoms with Crippen LogP contribution < -0.4 is 5.32 Å². The van der Waals surface area contributed by atoms with E-state index in [2.05, 4.69) is 26.1 Å². The van der Waals surface area contributed by atoms with Crippen LogP contribution in [0.25, 0.3) is 0 Å². The molecule has 1 unspecified atom stereocenters. The van der Waals surface area contributed by atoms with E-state index in [0.717, 1.165) is 6.42 Å². The molecule has 0 rings (SSSR count). The number of rotatable bonds is 5. The van der Waals surface area contributed by atoms with Gasteiger partial charge in [-0.25, -0.2) is 0 Å². The summed E-state index contributed by atoms with van der Waals surface area (Å²) in [5.41, 5.74) is -0.193. The van der Waals surface area contributed by atoms with Crippen LogP contribution >= 0.6 is 0 Å². The van der Waals surface area contributed by atoms with Gasteiger partial charge in [0, 0.05) is 11.5 Å². The Labute approximate surface area is 82.1 Å². The van der Waals surface area contributed by atoms with Crippen molar-refractivity contribution >= 4 is 5.78 Å². The van der Waals surface area contributed by atoms with E-state index in [1.54, 1.807) is 0 Å². The van der Waals surface area contributed by atoms with E-state index in [4.69, 9.17) is 0 Å². The van der Waals surface area contributed by atoms with Crippen LogP contribution in [0.4, 0.5) is 0 Å². The highest BCUT2D eigenvalue weighted by Crippen LogP contribution is 2.22. The second-order valence-electron chi connectivity index (χ2n) is 4.64. The second kappa shape index (κ2) is 4.75. The molecule has 0 aliphatic heterocycles. The first-order valence-corrected chi connectivity index (χ1v) is 5.11. The maximum atomic E-state index is 11.9. The van der Waals surface area contributed by atoms with E-state index in [1.807, 2.05) is 20.8 Å². The first-order valence-electron chi connectivity index (χ1n) is 5.11. The smallest absolute Gasteiger partial charge is 0.155 e. The number of hydrogen-bond donors (Lipinski definition) is 1. The highest BCUT2D eigenvalue weighted by Gasteiger charge is 2.29. The molecule has 13 heavy (non-hydrogen) atoms. The van der Waals surface area contributed by atoms with Gasteiger partial charge in [-0.15, -0.1) is 0 Å². The molecule has 0 fully saturated rings. The molecule has 0 saturated heterocycles. The molecule has 0 bridgehead atoms. The third-order valence-electron chi connectivity index (χ3n) is 2.53. The highest BCUT2D eigenvalue weighted by atomic mass is 16.1. The quantitative estimate of drug-likeness (QED) is 0.712. The van der Waals surface area contributed by atoms with Gasteiger partial charge in [0.15, 0.2) is 5.78 Å². The third-order valence-corrected chi connectivity index (χ3v) is 2.53. The lowest BCUT2D eigenvalue weighted by atomic mass is 9.82. The number of ketones is 1. The minimum atomic E-state index is -0.193. The van der Waals surface area contributed by atoms with Crippen molar-refractivity contribution in [2.45, 2.75) is 60.0 Å². The van der Waals surface area contributed by atoms with E-state index in [0.29, 0.717) is 11.8 Å². The minimum absolute atomic E-state index is 0.0325. The molecular weight excluding hydrogens is 162 g/mol. The Hall–Kier alpha value is -0.370. The van der Waals surface area contributed by atoms with Crippen LogP contribution in [0.5, 0.6) is 0 Å². The predicted octanol–water partition coefficient (Wildman–Crippen LogP) is 2.38. The lowest BCUT2D eigenvalue weighted by Gasteiger charge is -2.26. The second-order valence-corrected chi connectivity index (χ2v) is 4.64. The van der Waals surface area contributed by atoms with Crippen molar-refractivity contribution in [3.63, 3.8) is 0 Å². The van der Waals surface area contributed by atoms with Gasteiger partial charge in [-0.2, -0.15) is 0 Å². The van der Waals surface area contributed by atoms with Gasteiger partial charge in [0.2, 0.25) is 0 Å². The Balaban J connectivity index is 4.25. The molecule has 1 N–H and O–H groups in total. The molecule has 0 amide bonds. The summed E-state index contributed by atoms with van der Waals surface area (Å²) in [7, 11) is 0. The molecule has 2 nitrogen and oxygen atoms in total. The van der Waals surface area contributed by atoms with Crippen LogP contribution in [0.2, 0.25) is 0 Å². The zero-order valence-corrected chi connectivity index (χ0v) is 9.77. The van der Waals surface area contributed by atoms with E-state index >= 15 is 0 Å². The average molecular weight is 185 g/mol. The van der Waals surface area contributed by atoms with Crippen molar-refractivity contribution in [3.8, 4) is 0 Å². The molecule has 78 valence electrons. The molecular formula is C11H23NO. The Kier molecular flexibility index (Phi) is 4.62. The number of nitrogens with one attached hydrogen (secondary N) is 1. The molecule has 0 aromatic heterocycles. The van der Waals surface area contributed by atoms with Crippen molar-refractivity contribution in [2.75, 3.05) is 0 Å². The summed E-state index contributed by atoms with van der Waals surface area (Å²) in [4.78, 5) is 11.9. The van der Waals surface area contributed by atoms with Gasteiger partial charge < -0.3 is 5.32 Å². The molecule has 0 aromatic rings. The van der Waals surface area contributed by atoms with E-state index in [9.17, 15) is 4.79 Å². The normalized spacial score (nSPS) is 14.7. The molecule has 0 radical (unpaired) electrons. The fraction of sp³-hybridized carbons (Fsp3) is 0.909. The van der Waals surface area contributed by atoms with Gasteiger partial charge in [0.05, 0.1) is 6.04 Å². The summed E-state index contributed by atoms with van der Waals surface area (Å²) in [6, 6.07) is 0.335. The topological polar surface area (TPSA) is 29.1 Å². The number of carbonyl (C=O) groups is 1. The lowest BCUT2D eigenvalue weighted by Crippen LogP contribution is -2.44. The molecule has 0 aromatic carbocycles. The fourth-order valence-electron chi connectivity index (χ4n) is 1.34. The summed E-state index contributed by atoms with van der Waals surface area (Å²) in [6.07, 6.45) is 0.899. The summed E-state index contributed by atoms with van der Waals surface area (Å²) >= 11 is 0. The lowest BCUT2D eigenvalue weighted by molar-refractivity contribution is -0.129. The molecule has 0 saturated carbocycles. The molecule has 2 heteroatoms. The van der Waals surface area contributed by atoms with E-state index in [1.165, 1.54) is 0 Å². The number of hydrogen-bond acceptors (Lipinski definition) is 2. The first kappa shape index (κ1) is 12.6. The zero-order valence-electron chi connectivity index (χ0n) is 9.77. The molecule has 1 atom stereocenters. The monoisotopic (exact) mass is 185 g/mol. The van der Waals surface area contributed by atoms with Crippen LogP contribution in [-0.2, 0) is 4.79 Å². The van der Waals surface area contributed by atoms with Gasteiger partial charge in [0.1, 0.15) is 0 Å². The highest BCUT2D eigenvalue weighted by molar-refractivity contribution is 5.88. The third kappa shape index (κ3) is 3.90. The Bertz CT molecular complexity index is 173. The van der Waals surface area contributed by atoms with E-state index in [-0.39, 0.29) is 11.5 Å². The van der Waals surface area contributed by atoms with Gasteiger partial charge in [-0.3, -0.25) is 4.79 Å². The zero-order chi connectivity index (χ0) is 10.6. The SMILES string of the molecule is CCC(C)(C)C(=O)C(C)NC(C)C. The molecule has 0 aliphatic carbocycles. The van der Waals surface area contributed by atoms with Crippen molar-refractivity contribution in [1.29, 1.82) is 0 Å². The molecule has 0 spiro atoms. The van der Waals surface area contributed by atoms with Crippen LogP contribution in [0, 0.1) is 5.41 Å². The Morgan fingerprint density at radius 1 is 1.31 bits per heavy atom. The van der Waals surface area contributed by atoms with E-state index < -0.39 is 0 Å². The van der Waals surface area contributed by atoms with Crippen LogP contribution in [0.15, 0.2) is 0 Å². The van der Waals surface area contributed by atoms with Crippen LogP contribution in [0.3, 0.4) is 0 Å². The van der Waals surface area contributed by atoms with Gasteiger partial charge in [-0.05, 0) is 13.3 Å². The van der Waals surface area contributed by atoms with Crippen LogP contribution in [0.1, 0.15) is 48.0 Å². The summed E-state index contributed by atoms with van der Waals surface area (Å²) in [5.74, 6) is 0.309. The Morgan fingerprint density at radius 2 is 1.77 bits per heavy atom. The summed E-state index contributed by atoms with van der Waals surface area (Å²) in [5, 5.41) is 3.23. The summed E-state index contributed by atoms with van der Waals surface area (Å²) < 4.78 is 0. The Morgan fingerprint density at radius 3 is 2.08 bits per heavy atom. The van der Waals surface area contributed by atoms with Crippen molar-refractivity contribution in [3.05, 3.63) is 0 Å². The average Bonchev–Trinajstić information content (AvgIpc) is 2.01. The molecule has 0 heterocycles. The van der Waals surface area contributed by atoms with Crippen LogP contribution in [-0.4, -0.2) is 17.9 Å². The molecule has 0 aliphatic rings. The largest absolute Gasteiger partial charge is 0.305 e.